The second kappa shape index (κ2) is 5.54. The summed E-state index contributed by atoms with van der Waals surface area (Å²) in [5.41, 5.74) is -0.478. The fourth-order valence-electron chi connectivity index (χ4n) is 2.76. The van der Waals surface area contributed by atoms with E-state index in [-0.39, 0.29) is 29.1 Å². The van der Waals surface area contributed by atoms with Gasteiger partial charge in [0.15, 0.2) is 0 Å². The van der Waals surface area contributed by atoms with Crippen LogP contribution >= 0.6 is 0 Å². The maximum Gasteiger partial charge on any atom is 0.305 e. The number of carbonyl (C=O) groups excluding carboxylic acids is 2. The fraction of sp³-hybridized carbons (Fsp3) is 0.800. The summed E-state index contributed by atoms with van der Waals surface area (Å²) in [5, 5.41) is 9.04. The van der Waals surface area contributed by atoms with Gasteiger partial charge in [0.1, 0.15) is 0 Å². The molecule has 2 amide bonds. The van der Waals surface area contributed by atoms with Crippen LogP contribution in [0.2, 0.25) is 0 Å². The van der Waals surface area contributed by atoms with Crippen LogP contribution in [0.4, 0.5) is 0 Å². The lowest BCUT2D eigenvalue weighted by Crippen LogP contribution is -2.52. The molecule has 0 bridgehead atoms. The van der Waals surface area contributed by atoms with Gasteiger partial charge < -0.3 is 5.11 Å². The van der Waals surface area contributed by atoms with Crippen LogP contribution in [0.25, 0.3) is 0 Å². The van der Waals surface area contributed by atoms with Crippen LogP contribution in [0, 0.1) is 10.8 Å². The van der Waals surface area contributed by atoms with E-state index in [1.165, 1.54) is 4.90 Å². The number of carbonyl (C=O) groups is 3. The van der Waals surface area contributed by atoms with E-state index in [9.17, 15) is 14.4 Å². The van der Waals surface area contributed by atoms with Crippen LogP contribution in [0.1, 0.15) is 60.3 Å². The predicted octanol–water partition coefficient (Wildman–Crippen LogP) is 2.44. The van der Waals surface area contributed by atoms with Gasteiger partial charge in [-0.1, -0.05) is 34.6 Å². The molecule has 114 valence electrons. The minimum absolute atomic E-state index is 0.145. The average Bonchev–Trinajstić information content (AvgIpc) is 2.08. The first-order chi connectivity index (χ1) is 8.91. The van der Waals surface area contributed by atoms with Gasteiger partial charge >= 0.3 is 5.97 Å². The zero-order chi connectivity index (χ0) is 15.7. The Labute approximate surface area is 120 Å². The molecule has 0 spiro atoms. The van der Waals surface area contributed by atoms with Gasteiger partial charge in [-0.3, -0.25) is 19.3 Å². The van der Waals surface area contributed by atoms with Crippen molar-refractivity contribution >= 4 is 17.8 Å². The van der Waals surface area contributed by atoms with E-state index < -0.39 is 12.0 Å². The number of imide groups is 1. The molecule has 1 aliphatic heterocycles. The third-order valence-electron chi connectivity index (χ3n) is 3.42. The number of piperidine rings is 1. The Bertz CT molecular complexity index is 400. The highest BCUT2D eigenvalue weighted by molar-refractivity contribution is 5.99. The maximum absolute atomic E-state index is 12.2. The van der Waals surface area contributed by atoms with Crippen molar-refractivity contribution in [3.63, 3.8) is 0 Å². The lowest BCUT2D eigenvalue weighted by molar-refractivity contribution is -0.157. The standard InChI is InChI=1S/C15H25NO4/c1-14(2,3)7-10(6-13(19)20)16-11(17)8-15(4,5)9-12(16)18/h10H,6-9H2,1-5H3,(H,19,20). The Morgan fingerprint density at radius 1 is 1.25 bits per heavy atom. The minimum Gasteiger partial charge on any atom is -0.481 e. The molecule has 1 heterocycles. The molecule has 0 aromatic carbocycles. The molecule has 1 unspecified atom stereocenters. The van der Waals surface area contributed by atoms with Crippen LogP contribution < -0.4 is 0 Å². The summed E-state index contributed by atoms with van der Waals surface area (Å²) in [7, 11) is 0. The molecule has 5 nitrogen and oxygen atoms in total. The molecule has 1 rings (SSSR count). The Kier molecular flexibility index (Phi) is 4.62. The van der Waals surface area contributed by atoms with E-state index in [1.54, 1.807) is 0 Å². The van der Waals surface area contributed by atoms with Crippen LogP contribution in [-0.4, -0.2) is 33.8 Å². The molecule has 1 aliphatic rings. The topological polar surface area (TPSA) is 74.7 Å². The molecule has 1 fully saturated rings. The zero-order valence-corrected chi connectivity index (χ0v) is 13.0. The summed E-state index contributed by atoms with van der Waals surface area (Å²) in [5.74, 6) is -1.48. The number of carboxylic acids is 1. The number of hydrogen-bond acceptors (Lipinski definition) is 3. The zero-order valence-electron chi connectivity index (χ0n) is 13.0. The van der Waals surface area contributed by atoms with E-state index in [0.29, 0.717) is 19.3 Å². The van der Waals surface area contributed by atoms with Gasteiger partial charge in [-0.15, -0.1) is 0 Å². The molecular formula is C15H25NO4. The van der Waals surface area contributed by atoms with Gasteiger partial charge in [-0.25, -0.2) is 0 Å². The van der Waals surface area contributed by atoms with Gasteiger partial charge in [0.2, 0.25) is 11.8 Å². The molecule has 20 heavy (non-hydrogen) atoms. The molecule has 0 radical (unpaired) electrons. The number of carboxylic acid groups (broad SMARTS) is 1. The van der Waals surface area contributed by atoms with Crippen molar-refractivity contribution < 1.29 is 19.5 Å². The molecule has 5 heteroatoms. The largest absolute Gasteiger partial charge is 0.481 e. The van der Waals surface area contributed by atoms with Crippen molar-refractivity contribution in [1.29, 1.82) is 0 Å². The molecule has 1 N–H and O–H groups in total. The number of aliphatic carboxylic acids is 1. The lowest BCUT2D eigenvalue weighted by atomic mass is 9.79. The number of hydrogen-bond donors (Lipinski definition) is 1. The second-order valence-electron chi connectivity index (χ2n) is 7.69. The van der Waals surface area contributed by atoms with Crippen LogP contribution in [0.3, 0.4) is 0 Å². The highest BCUT2D eigenvalue weighted by Crippen LogP contribution is 2.35. The van der Waals surface area contributed by atoms with Crippen LogP contribution in [0.5, 0.6) is 0 Å². The first-order valence-corrected chi connectivity index (χ1v) is 6.98. The third-order valence-corrected chi connectivity index (χ3v) is 3.42. The molecule has 0 aromatic rings. The van der Waals surface area contributed by atoms with E-state index >= 15 is 0 Å². The fourth-order valence-corrected chi connectivity index (χ4v) is 2.76. The first kappa shape index (κ1) is 16.7. The van der Waals surface area contributed by atoms with Gasteiger partial charge in [0.25, 0.3) is 0 Å². The van der Waals surface area contributed by atoms with Gasteiger partial charge in [-0.2, -0.15) is 0 Å². The minimum atomic E-state index is -0.982. The van der Waals surface area contributed by atoms with E-state index in [2.05, 4.69) is 0 Å². The Morgan fingerprint density at radius 2 is 1.70 bits per heavy atom. The number of amides is 2. The highest BCUT2D eigenvalue weighted by Gasteiger charge is 2.42. The van der Waals surface area contributed by atoms with Gasteiger partial charge in [-0.05, 0) is 17.3 Å². The van der Waals surface area contributed by atoms with Crippen molar-refractivity contribution in [1.82, 2.24) is 4.90 Å². The van der Waals surface area contributed by atoms with Crippen LogP contribution in [-0.2, 0) is 14.4 Å². The highest BCUT2D eigenvalue weighted by atomic mass is 16.4. The third kappa shape index (κ3) is 4.62. The van der Waals surface area contributed by atoms with Crippen molar-refractivity contribution in [3.05, 3.63) is 0 Å². The quantitative estimate of drug-likeness (QED) is 0.804. The van der Waals surface area contributed by atoms with Crippen molar-refractivity contribution in [2.45, 2.75) is 66.3 Å². The normalized spacial score (nSPS) is 20.9. The molecule has 0 saturated carbocycles. The Balaban J connectivity index is 2.98. The number of rotatable bonds is 4. The first-order valence-electron chi connectivity index (χ1n) is 6.98. The predicted molar refractivity (Wildman–Crippen MR) is 75.0 cm³/mol. The summed E-state index contributed by atoms with van der Waals surface area (Å²) in [6.07, 6.45) is 0.893. The van der Waals surface area contributed by atoms with Crippen molar-refractivity contribution in [3.8, 4) is 0 Å². The summed E-state index contributed by atoms with van der Waals surface area (Å²) >= 11 is 0. The number of likely N-dealkylation sites (tertiary alicyclic amines) is 1. The van der Waals surface area contributed by atoms with Crippen molar-refractivity contribution in [2.24, 2.45) is 10.8 Å². The molecule has 1 saturated heterocycles. The SMILES string of the molecule is CC(C)(C)CC(CC(=O)O)N1C(=O)CC(C)(C)CC1=O. The molecule has 0 aliphatic carbocycles. The molecular weight excluding hydrogens is 258 g/mol. The maximum atomic E-state index is 12.2. The summed E-state index contributed by atoms with van der Waals surface area (Å²) in [4.78, 5) is 36.7. The van der Waals surface area contributed by atoms with E-state index in [4.69, 9.17) is 5.11 Å². The molecule has 0 aromatic heterocycles. The van der Waals surface area contributed by atoms with Gasteiger partial charge in [0, 0.05) is 12.8 Å². The lowest BCUT2D eigenvalue weighted by Gasteiger charge is -2.40. The van der Waals surface area contributed by atoms with Crippen molar-refractivity contribution in [2.75, 3.05) is 0 Å². The monoisotopic (exact) mass is 283 g/mol. The molecule has 1 atom stereocenters. The van der Waals surface area contributed by atoms with E-state index in [1.807, 2.05) is 34.6 Å². The Hall–Kier alpha value is -1.39. The summed E-state index contributed by atoms with van der Waals surface area (Å²) in [6.45, 7) is 9.70. The smallest absolute Gasteiger partial charge is 0.305 e. The van der Waals surface area contributed by atoms with Crippen LogP contribution in [0.15, 0.2) is 0 Å². The summed E-state index contributed by atoms with van der Waals surface area (Å²) in [6, 6.07) is -0.552. The van der Waals surface area contributed by atoms with E-state index in [0.717, 1.165) is 0 Å². The average molecular weight is 283 g/mol. The second-order valence-corrected chi connectivity index (χ2v) is 7.69. The number of nitrogens with zero attached hydrogens (tertiary/aromatic N) is 1. The van der Waals surface area contributed by atoms with Gasteiger partial charge in [0.05, 0.1) is 12.5 Å². The summed E-state index contributed by atoms with van der Waals surface area (Å²) < 4.78 is 0. The Morgan fingerprint density at radius 3 is 2.05 bits per heavy atom.